The van der Waals surface area contributed by atoms with E-state index in [0.717, 1.165) is 13.1 Å². The zero-order valence-corrected chi connectivity index (χ0v) is 13.9. The van der Waals surface area contributed by atoms with Crippen LogP contribution in [-0.4, -0.2) is 71.8 Å². The number of hydrogen-bond donors (Lipinski definition) is 2. The lowest BCUT2D eigenvalue weighted by Gasteiger charge is -2.11. The molecule has 0 aliphatic heterocycles. The van der Waals surface area contributed by atoms with E-state index < -0.39 is 5.91 Å². The number of nitrogens with zero attached hydrogens (tertiary/aromatic N) is 5. The van der Waals surface area contributed by atoms with E-state index in [2.05, 4.69) is 25.2 Å². The molecule has 0 fully saturated rings. The van der Waals surface area contributed by atoms with Crippen LogP contribution in [0.4, 0.5) is 5.82 Å². The highest BCUT2D eigenvalue weighted by Gasteiger charge is 2.09. The minimum absolute atomic E-state index is 0.0885. The molecule has 1 heterocycles. The molecule has 0 saturated heterocycles. The first-order valence-corrected chi connectivity index (χ1v) is 7.21. The Kier molecular flexibility index (Phi) is 10.6. The summed E-state index contributed by atoms with van der Waals surface area (Å²) in [5.41, 5.74) is 5.12. The Labute approximate surface area is 134 Å². The summed E-state index contributed by atoms with van der Waals surface area (Å²) in [6.07, 6.45) is 1.34. The molecule has 0 unspecified atom stereocenters. The van der Waals surface area contributed by atoms with Gasteiger partial charge >= 0.3 is 0 Å². The maximum absolute atomic E-state index is 10.8. The molecule has 0 radical (unpaired) electrons. The van der Waals surface area contributed by atoms with Crippen LogP contribution in [0.2, 0.25) is 0 Å². The molecule has 0 bridgehead atoms. The molecule has 1 rings (SSSR count). The highest BCUT2D eigenvalue weighted by atomic mass is 35.5. The van der Waals surface area contributed by atoms with Crippen molar-refractivity contribution < 1.29 is 4.79 Å². The SMILES string of the molecule is CN(C)/N=N/c1[nH]cnc1C(N)=O.CN(CCCl)CCCl. The van der Waals surface area contributed by atoms with Gasteiger partial charge < -0.3 is 15.6 Å². The zero-order chi connectivity index (χ0) is 16.3. The fourth-order valence-electron chi connectivity index (χ4n) is 1.08. The third-order valence-corrected chi connectivity index (χ3v) is 2.45. The number of hydrogen-bond acceptors (Lipinski definition) is 5. The summed E-state index contributed by atoms with van der Waals surface area (Å²) in [7, 11) is 5.43. The summed E-state index contributed by atoms with van der Waals surface area (Å²) in [5, 5.41) is 8.90. The molecule has 0 aliphatic rings. The summed E-state index contributed by atoms with van der Waals surface area (Å²) < 4.78 is 0. The number of aromatic nitrogens is 2. The number of amides is 1. The summed E-state index contributed by atoms with van der Waals surface area (Å²) in [6, 6.07) is 0. The van der Waals surface area contributed by atoms with Crippen LogP contribution in [-0.2, 0) is 0 Å². The zero-order valence-electron chi connectivity index (χ0n) is 12.4. The number of H-pyrrole nitrogens is 1. The highest BCUT2D eigenvalue weighted by Crippen LogP contribution is 2.12. The monoisotopic (exact) mass is 337 g/mol. The van der Waals surface area contributed by atoms with E-state index in [1.54, 1.807) is 14.1 Å². The Morgan fingerprint density at radius 2 is 1.90 bits per heavy atom. The smallest absolute Gasteiger partial charge is 0.271 e. The average molecular weight is 338 g/mol. The molecule has 1 aromatic heterocycles. The molecule has 8 nitrogen and oxygen atoms in total. The van der Waals surface area contributed by atoms with Crippen LogP contribution >= 0.6 is 23.2 Å². The predicted molar refractivity (Wildman–Crippen MR) is 84.2 cm³/mol. The van der Waals surface area contributed by atoms with Crippen LogP contribution in [0.1, 0.15) is 10.5 Å². The molecule has 0 atom stereocenters. The van der Waals surface area contributed by atoms with Crippen molar-refractivity contribution in [3.63, 3.8) is 0 Å². The van der Waals surface area contributed by atoms with Gasteiger partial charge in [-0.25, -0.2) is 4.98 Å². The number of imidazole rings is 1. The molecule has 0 aliphatic carbocycles. The molecule has 3 N–H and O–H groups in total. The van der Waals surface area contributed by atoms with Crippen LogP contribution in [0.25, 0.3) is 0 Å². The second-order valence-corrected chi connectivity index (χ2v) is 4.94. The summed E-state index contributed by atoms with van der Waals surface area (Å²) in [5.74, 6) is 1.01. The number of alkyl halides is 2. The van der Waals surface area contributed by atoms with Crippen molar-refractivity contribution in [3.05, 3.63) is 12.0 Å². The van der Waals surface area contributed by atoms with Crippen molar-refractivity contribution >= 4 is 34.9 Å². The van der Waals surface area contributed by atoms with Crippen LogP contribution < -0.4 is 5.73 Å². The maximum atomic E-state index is 10.8. The van der Waals surface area contributed by atoms with E-state index in [-0.39, 0.29) is 11.5 Å². The number of halogens is 2. The number of rotatable bonds is 7. The number of primary amides is 1. The van der Waals surface area contributed by atoms with Gasteiger partial charge in [0.1, 0.15) is 0 Å². The van der Waals surface area contributed by atoms with E-state index in [1.807, 2.05) is 7.05 Å². The van der Waals surface area contributed by atoms with Gasteiger partial charge in [-0.1, -0.05) is 5.22 Å². The van der Waals surface area contributed by atoms with E-state index in [0.29, 0.717) is 11.8 Å². The number of nitrogens with two attached hydrogens (primary N) is 1. The van der Waals surface area contributed by atoms with Crippen LogP contribution in [0.15, 0.2) is 16.7 Å². The predicted octanol–water partition coefficient (Wildman–Crippen LogP) is 1.46. The van der Waals surface area contributed by atoms with E-state index in [1.165, 1.54) is 11.3 Å². The molecule has 1 amide bonds. The second kappa shape index (κ2) is 11.3. The summed E-state index contributed by atoms with van der Waals surface area (Å²) in [4.78, 5) is 19.2. The first kappa shape index (κ1) is 19.6. The molecule has 10 heteroatoms. The Hall–Kier alpha value is -1.38. The fraction of sp³-hybridized carbons (Fsp3) is 0.636. The van der Waals surface area contributed by atoms with Gasteiger partial charge in [-0.15, -0.1) is 28.3 Å². The van der Waals surface area contributed by atoms with Crippen LogP contribution in [0.3, 0.4) is 0 Å². The number of carbonyl (C=O) groups excluding carboxylic acids is 1. The molecule has 120 valence electrons. The van der Waals surface area contributed by atoms with Gasteiger partial charge in [-0.2, -0.15) is 0 Å². The Morgan fingerprint density at radius 1 is 1.33 bits per heavy atom. The third kappa shape index (κ3) is 9.22. The van der Waals surface area contributed by atoms with Gasteiger partial charge in [0.05, 0.1) is 6.33 Å². The standard InChI is InChI=1S/C6H10N6O.C5H11Cl2N/c1-12(2)11-10-6-4(5(7)13)8-3-9-6;1-8(4-2-6)5-3-7/h3H,1-2H3,(H2,7,13)(H,8,9);2-5H2,1H3/b11-10+;. The summed E-state index contributed by atoms with van der Waals surface area (Å²) in [6.45, 7) is 1.85. The molecular formula is C11H21Cl2N7O. The molecule has 0 saturated carbocycles. The van der Waals surface area contributed by atoms with E-state index in [4.69, 9.17) is 28.9 Å². The van der Waals surface area contributed by atoms with E-state index >= 15 is 0 Å². The van der Waals surface area contributed by atoms with Crippen molar-refractivity contribution in [3.8, 4) is 0 Å². The molecular weight excluding hydrogens is 317 g/mol. The molecule has 1 aromatic rings. The van der Waals surface area contributed by atoms with Gasteiger partial charge in [0.2, 0.25) is 0 Å². The van der Waals surface area contributed by atoms with Crippen molar-refractivity contribution in [2.75, 3.05) is 46.0 Å². The van der Waals surface area contributed by atoms with Crippen LogP contribution in [0.5, 0.6) is 0 Å². The topological polar surface area (TPSA) is 103 Å². The molecule has 0 spiro atoms. The lowest BCUT2D eigenvalue weighted by Crippen LogP contribution is -2.22. The lowest BCUT2D eigenvalue weighted by atomic mass is 10.4. The fourth-order valence-corrected chi connectivity index (χ4v) is 1.66. The Bertz CT molecular complexity index is 430. The normalized spacial score (nSPS) is 10.6. The minimum atomic E-state index is -0.631. The molecule has 21 heavy (non-hydrogen) atoms. The van der Waals surface area contributed by atoms with Gasteiger partial charge in [0.25, 0.3) is 5.91 Å². The maximum Gasteiger partial charge on any atom is 0.271 e. The first-order valence-electron chi connectivity index (χ1n) is 6.15. The van der Waals surface area contributed by atoms with Crippen molar-refractivity contribution in [2.24, 2.45) is 16.1 Å². The second-order valence-electron chi connectivity index (χ2n) is 4.18. The molecule has 0 aromatic carbocycles. The van der Waals surface area contributed by atoms with Crippen molar-refractivity contribution in [1.29, 1.82) is 0 Å². The average Bonchev–Trinajstić information content (AvgIpc) is 2.86. The minimum Gasteiger partial charge on any atom is -0.364 e. The number of nitrogens with one attached hydrogen (secondary N) is 1. The largest absolute Gasteiger partial charge is 0.364 e. The van der Waals surface area contributed by atoms with Crippen LogP contribution in [0, 0.1) is 0 Å². The Morgan fingerprint density at radius 3 is 2.33 bits per heavy atom. The van der Waals surface area contributed by atoms with Crippen molar-refractivity contribution in [2.45, 2.75) is 0 Å². The Balaban J connectivity index is 0.000000433. The lowest BCUT2D eigenvalue weighted by molar-refractivity contribution is 0.0996. The highest BCUT2D eigenvalue weighted by molar-refractivity contribution is 6.18. The summed E-state index contributed by atoms with van der Waals surface area (Å²) >= 11 is 10.9. The van der Waals surface area contributed by atoms with Gasteiger partial charge in [-0.05, 0) is 7.05 Å². The van der Waals surface area contributed by atoms with Crippen molar-refractivity contribution in [1.82, 2.24) is 19.9 Å². The van der Waals surface area contributed by atoms with E-state index in [9.17, 15) is 4.79 Å². The third-order valence-electron chi connectivity index (χ3n) is 2.11. The van der Waals surface area contributed by atoms with Gasteiger partial charge in [-0.3, -0.25) is 9.80 Å². The van der Waals surface area contributed by atoms with Gasteiger partial charge in [0.15, 0.2) is 11.5 Å². The quantitative estimate of drug-likeness (QED) is 0.446. The number of aromatic amines is 1. The first-order chi connectivity index (χ1) is 9.92. The van der Waals surface area contributed by atoms with Gasteiger partial charge in [0, 0.05) is 38.9 Å². The number of carbonyl (C=O) groups is 1.